The number of nitrogens with zero attached hydrogens (tertiary/aromatic N) is 3. The number of nitrogens with two attached hydrogens (primary N) is 1. The van der Waals surface area contributed by atoms with Crippen molar-refractivity contribution in [1.29, 1.82) is 0 Å². The van der Waals surface area contributed by atoms with Crippen LogP contribution in [-0.2, 0) is 6.54 Å². The Morgan fingerprint density at radius 1 is 1.15 bits per heavy atom. The molecule has 20 heavy (non-hydrogen) atoms. The van der Waals surface area contributed by atoms with Crippen molar-refractivity contribution in [1.82, 2.24) is 14.9 Å². The molecule has 110 valence electrons. The lowest BCUT2D eigenvalue weighted by Gasteiger charge is -2.25. The van der Waals surface area contributed by atoms with Crippen molar-refractivity contribution < 1.29 is 0 Å². The van der Waals surface area contributed by atoms with Gasteiger partial charge in [-0.3, -0.25) is 4.90 Å². The summed E-state index contributed by atoms with van der Waals surface area (Å²) in [5.74, 6) is 2.70. The highest BCUT2D eigenvalue weighted by Gasteiger charge is 2.13. The maximum Gasteiger partial charge on any atom is 0.146 e. The van der Waals surface area contributed by atoms with E-state index in [-0.39, 0.29) is 0 Å². The minimum absolute atomic E-state index is 0.597. The van der Waals surface area contributed by atoms with Crippen molar-refractivity contribution in [2.24, 2.45) is 11.8 Å². The van der Waals surface area contributed by atoms with E-state index in [2.05, 4.69) is 42.6 Å². The van der Waals surface area contributed by atoms with E-state index in [1.807, 2.05) is 11.4 Å². The van der Waals surface area contributed by atoms with Crippen LogP contribution in [0.15, 0.2) is 11.4 Å². The minimum atomic E-state index is 0.597. The first-order chi connectivity index (χ1) is 9.45. The number of thiophene rings is 1. The molecule has 2 aromatic rings. The second kappa shape index (κ2) is 6.50. The molecular weight excluding hydrogens is 268 g/mol. The van der Waals surface area contributed by atoms with Crippen LogP contribution in [0.1, 0.15) is 33.5 Å². The van der Waals surface area contributed by atoms with Gasteiger partial charge >= 0.3 is 0 Å². The number of hydrogen-bond donors (Lipinski definition) is 1. The minimum Gasteiger partial charge on any atom is -0.383 e. The van der Waals surface area contributed by atoms with Gasteiger partial charge in [0.15, 0.2) is 0 Å². The summed E-state index contributed by atoms with van der Waals surface area (Å²) in [6.45, 7) is 11.9. The third-order valence-electron chi connectivity index (χ3n) is 3.01. The summed E-state index contributed by atoms with van der Waals surface area (Å²) in [5.41, 5.74) is 6.02. The Kier molecular flexibility index (Phi) is 4.94. The lowest BCUT2D eigenvalue weighted by atomic mass is 10.1. The van der Waals surface area contributed by atoms with E-state index in [0.717, 1.165) is 35.7 Å². The highest BCUT2D eigenvalue weighted by molar-refractivity contribution is 7.16. The molecule has 0 fully saturated rings. The van der Waals surface area contributed by atoms with Crippen molar-refractivity contribution in [3.63, 3.8) is 0 Å². The number of anilines is 1. The summed E-state index contributed by atoms with van der Waals surface area (Å²) >= 11 is 1.62. The Balaban J connectivity index is 2.18. The Morgan fingerprint density at radius 2 is 1.80 bits per heavy atom. The molecule has 0 unspecified atom stereocenters. The first kappa shape index (κ1) is 15.2. The second-order valence-corrected chi connectivity index (χ2v) is 7.04. The molecule has 2 aromatic heterocycles. The molecule has 0 bridgehead atoms. The summed E-state index contributed by atoms with van der Waals surface area (Å²) < 4.78 is 0. The van der Waals surface area contributed by atoms with Crippen LogP contribution < -0.4 is 5.73 Å². The Bertz CT molecular complexity index is 552. The molecule has 0 amide bonds. The molecule has 0 saturated heterocycles. The van der Waals surface area contributed by atoms with E-state index in [1.54, 1.807) is 11.3 Å². The molecule has 0 aliphatic heterocycles. The number of nitrogen functional groups attached to an aromatic ring is 1. The Hall–Kier alpha value is -1.20. The molecule has 2 heterocycles. The normalized spacial score (nSPS) is 12.2. The molecule has 4 nitrogen and oxygen atoms in total. The average Bonchev–Trinajstić information content (AvgIpc) is 2.75. The lowest BCUT2D eigenvalue weighted by molar-refractivity contribution is 0.207. The summed E-state index contributed by atoms with van der Waals surface area (Å²) in [5, 5.41) is 2.98. The fourth-order valence-corrected chi connectivity index (χ4v) is 3.22. The number of hydrogen-bond acceptors (Lipinski definition) is 5. The number of aromatic nitrogens is 2. The van der Waals surface area contributed by atoms with Gasteiger partial charge in [0.1, 0.15) is 16.5 Å². The van der Waals surface area contributed by atoms with Crippen LogP contribution in [0.3, 0.4) is 0 Å². The molecule has 2 rings (SSSR count). The van der Waals surface area contributed by atoms with E-state index in [4.69, 9.17) is 5.73 Å². The predicted octanol–water partition coefficient (Wildman–Crippen LogP) is 3.39. The highest BCUT2D eigenvalue weighted by atomic mass is 32.1. The molecule has 2 N–H and O–H groups in total. The maximum atomic E-state index is 6.02. The summed E-state index contributed by atoms with van der Waals surface area (Å²) in [6.07, 6.45) is 0. The van der Waals surface area contributed by atoms with Crippen molar-refractivity contribution in [3.05, 3.63) is 17.3 Å². The smallest absolute Gasteiger partial charge is 0.146 e. The van der Waals surface area contributed by atoms with Crippen molar-refractivity contribution in [2.75, 3.05) is 18.8 Å². The van der Waals surface area contributed by atoms with Gasteiger partial charge in [0.25, 0.3) is 0 Å². The number of fused-ring (bicyclic) bond motifs is 1. The van der Waals surface area contributed by atoms with Crippen LogP contribution in [0.2, 0.25) is 0 Å². The topological polar surface area (TPSA) is 55.0 Å². The summed E-state index contributed by atoms with van der Waals surface area (Å²) in [7, 11) is 0. The largest absolute Gasteiger partial charge is 0.383 e. The molecule has 0 radical (unpaired) electrons. The van der Waals surface area contributed by atoms with Gasteiger partial charge < -0.3 is 5.73 Å². The fraction of sp³-hybridized carbons (Fsp3) is 0.600. The van der Waals surface area contributed by atoms with Crippen molar-refractivity contribution in [3.8, 4) is 0 Å². The zero-order valence-electron chi connectivity index (χ0n) is 12.8. The second-order valence-electron chi connectivity index (χ2n) is 6.15. The van der Waals surface area contributed by atoms with E-state index < -0.39 is 0 Å². The van der Waals surface area contributed by atoms with Crippen LogP contribution in [0.4, 0.5) is 5.82 Å². The highest BCUT2D eigenvalue weighted by Crippen LogP contribution is 2.23. The van der Waals surface area contributed by atoms with Crippen LogP contribution in [0.5, 0.6) is 0 Å². The van der Waals surface area contributed by atoms with Gasteiger partial charge in [-0.05, 0) is 23.3 Å². The molecule has 0 saturated carbocycles. The van der Waals surface area contributed by atoms with Crippen molar-refractivity contribution >= 4 is 27.4 Å². The van der Waals surface area contributed by atoms with Gasteiger partial charge in [0.2, 0.25) is 0 Å². The van der Waals surface area contributed by atoms with Gasteiger partial charge in [-0.15, -0.1) is 11.3 Å². The van der Waals surface area contributed by atoms with Crippen LogP contribution in [0.25, 0.3) is 10.2 Å². The van der Waals surface area contributed by atoms with Gasteiger partial charge in [0.05, 0.1) is 11.9 Å². The maximum absolute atomic E-state index is 6.02. The Morgan fingerprint density at radius 3 is 2.40 bits per heavy atom. The predicted molar refractivity (Wildman–Crippen MR) is 86.8 cm³/mol. The van der Waals surface area contributed by atoms with Gasteiger partial charge in [-0.25, -0.2) is 9.97 Å². The molecular formula is C15H24N4S. The van der Waals surface area contributed by atoms with Gasteiger partial charge in [-0.1, -0.05) is 27.7 Å². The standard InChI is InChI=1S/C15H24N4S/c1-10(2)7-19(8-11(3)4)9-13-17-14(16)12-5-6-20-15(12)18-13/h5-6,10-11H,7-9H2,1-4H3,(H2,16,17,18). The fourth-order valence-electron chi connectivity index (χ4n) is 2.43. The molecule has 0 spiro atoms. The first-order valence-corrected chi connectivity index (χ1v) is 8.05. The molecule has 0 aliphatic carbocycles. The number of rotatable bonds is 6. The third kappa shape index (κ3) is 3.90. The lowest BCUT2D eigenvalue weighted by Crippen LogP contribution is -2.31. The van der Waals surface area contributed by atoms with E-state index in [9.17, 15) is 0 Å². The van der Waals surface area contributed by atoms with Gasteiger partial charge in [-0.2, -0.15) is 0 Å². The Labute approximate surface area is 125 Å². The monoisotopic (exact) mass is 292 g/mol. The van der Waals surface area contributed by atoms with Crippen LogP contribution in [0, 0.1) is 11.8 Å². The van der Waals surface area contributed by atoms with E-state index >= 15 is 0 Å². The van der Waals surface area contributed by atoms with E-state index in [0.29, 0.717) is 17.7 Å². The van der Waals surface area contributed by atoms with Crippen LogP contribution in [-0.4, -0.2) is 28.0 Å². The van der Waals surface area contributed by atoms with E-state index in [1.165, 1.54) is 0 Å². The zero-order valence-corrected chi connectivity index (χ0v) is 13.6. The summed E-state index contributed by atoms with van der Waals surface area (Å²) in [6, 6.07) is 1.99. The zero-order chi connectivity index (χ0) is 14.7. The SMILES string of the molecule is CC(C)CN(Cc1nc(N)c2ccsc2n1)CC(C)C. The molecule has 0 atom stereocenters. The van der Waals surface area contributed by atoms with Gasteiger partial charge in [0, 0.05) is 13.1 Å². The quantitative estimate of drug-likeness (QED) is 0.886. The summed E-state index contributed by atoms with van der Waals surface area (Å²) in [4.78, 5) is 12.5. The first-order valence-electron chi connectivity index (χ1n) is 7.17. The van der Waals surface area contributed by atoms with Crippen molar-refractivity contribution in [2.45, 2.75) is 34.2 Å². The molecule has 0 aromatic carbocycles. The third-order valence-corrected chi connectivity index (χ3v) is 3.82. The molecule has 0 aliphatic rings. The molecule has 5 heteroatoms. The average molecular weight is 292 g/mol. The van der Waals surface area contributed by atoms with Crippen LogP contribution >= 0.6 is 11.3 Å².